The van der Waals surface area contributed by atoms with Gasteiger partial charge in [-0.15, -0.1) is 0 Å². The monoisotopic (exact) mass is 272 g/mol. The van der Waals surface area contributed by atoms with Gasteiger partial charge in [0.25, 0.3) is 5.69 Å². The molecule has 6 heteroatoms. The van der Waals surface area contributed by atoms with Crippen LogP contribution in [0.2, 0.25) is 0 Å². The Morgan fingerprint density at radius 2 is 1.90 bits per heavy atom. The molecule has 2 aromatic rings. The van der Waals surface area contributed by atoms with Gasteiger partial charge in [0.1, 0.15) is 0 Å². The molecule has 0 radical (unpaired) electrons. The van der Waals surface area contributed by atoms with Crippen LogP contribution in [0, 0.1) is 17.0 Å². The molecule has 0 bridgehead atoms. The van der Waals surface area contributed by atoms with Crippen LogP contribution < -0.4 is 5.32 Å². The van der Waals surface area contributed by atoms with Gasteiger partial charge in [-0.1, -0.05) is 12.1 Å². The zero-order chi connectivity index (χ0) is 14.7. The van der Waals surface area contributed by atoms with Crippen LogP contribution in [-0.2, 0) is 0 Å². The van der Waals surface area contributed by atoms with Crippen LogP contribution >= 0.6 is 0 Å². The van der Waals surface area contributed by atoms with Crippen molar-refractivity contribution in [3.8, 4) is 0 Å². The Bertz CT molecular complexity index is 683. The molecule has 0 spiro atoms. The number of hydrogen-bond donors (Lipinski definition) is 2. The number of benzene rings is 2. The smallest absolute Gasteiger partial charge is 0.336 e. The Morgan fingerprint density at radius 3 is 2.55 bits per heavy atom. The predicted octanol–water partition coefficient (Wildman–Crippen LogP) is 3.35. The number of nitro groups is 1. The van der Waals surface area contributed by atoms with Crippen LogP contribution in [0.5, 0.6) is 0 Å². The molecule has 0 aromatic heterocycles. The zero-order valence-electron chi connectivity index (χ0n) is 10.7. The Labute approximate surface area is 114 Å². The second kappa shape index (κ2) is 5.40. The van der Waals surface area contributed by atoms with E-state index in [9.17, 15) is 14.9 Å². The van der Waals surface area contributed by atoms with Gasteiger partial charge in [-0.2, -0.15) is 0 Å². The highest BCUT2D eigenvalue weighted by Gasteiger charge is 2.09. The third-order valence-corrected chi connectivity index (χ3v) is 2.81. The Kier molecular flexibility index (Phi) is 3.65. The maximum absolute atomic E-state index is 11.1. The fourth-order valence-electron chi connectivity index (χ4n) is 1.79. The third-order valence-electron chi connectivity index (χ3n) is 2.81. The molecule has 0 saturated heterocycles. The van der Waals surface area contributed by atoms with Crippen molar-refractivity contribution >= 4 is 23.0 Å². The zero-order valence-corrected chi connectivity index (χ0v) is 10.7. The standard InChI is InChI=1S/C14H12N2O4/c1-9-5-6-11(8-13(9)14(17)18)15-10-3-2-4-12(7-10)16(19)20/h2-8,15H,1H3,(H,17,18). The van der Waals surface area contributed by atoms with Crippen LogP contribution in [0.4, 0.5) is 17.1 Å². The Balaban J connectivity index is 2.30. The number of nitro benzene ring substituents is 1. The van der Waals surface area contributed by atoms with Crippen molar-refractivity contribution in [1.29, 1.82) is 0 Å². The van der Waals surface area contributed by atoms with E-state index in [0.717, 1.165) is 0 Å². The molecular weight excluding hydrogens is 260 g/mol. The number of carboxylic acid groups (broad SMARTS) is 1. The van der Waals surface area contributed by atoms with Gasteiger partial charge < -0.3 is 10.4 Å². The normalized spacial score (nSPS) is 10.1. The van der Waals surface area contributed by atoms with Crippen LogP contribution in [0.15, 0.2) is 42.5 Å². The molecular formula is C14H12N2O4. The third kappa shape index (κ3) is 2.92. The van der Waals surface area contributed by atoms with Crippen molar-refractivity contribution in [3.63, 3.8) is 0 Å². The first-order chi connectivity index (χ1) is 9.47. The molecule has 2 N–H and O–H groups in total. The fourth-order valence-corrected chi connectivity index (χ4v) is 1.79. The molecule has 0 saturated carbocycles. The van der Waals surface area contributed by atoms with Crippen molar-refractivity contribution < 1.29 is 14.8 Å². The summed E-state index contributed by atoms with van der Waals surface area (Å²) in [7, 11) is 0. The van der Waals surface area contributed by atoms with Gasteiger partial charge in [-0.3, -0.25) is 10.1 Å². The minimum Gasteiger partial charge on any atom is -0.478 e. The molecule has 102 valence electrons. The lowest BCUT2D eigenvalue weighted by Crippen LogP contribution is -2.01. The SMILES string of the molecule is Cc1ccc(Nc2cccc([N+](=O)[O-])c2)cc1C(=O)O. The number of hydrogen-bond acceptors (Lipinski definition) is 4. The molecule has 0 heterocycles. The van der Waals surface area contributed by atoms with Gasteiger partial charge in [0.15, 0.2) is 0 Å². The number of nitrogens with one attached hydrogen (secondary N) is 1. The summed E-state index contributed by atoms with van der Waals surface area (Å²) in [5, 5.41) is 22.7. The van der Waals surface area contributed by atoms with Crippen LogP contribution in [0.1, 0.15) is 15.9 Å². The number of carboxylic acids is 1. The molecule has 20 heavy (non-hydrogen) atoms. The Morgan fingerprint density at radius 1 is 1.20 bits per heavy atom. The number of aryl methyl sites for hydroxylation is 1. The van der Waals surface area contributed by atoms with E-state index in [2.05, 4.69) is 5.32 Å². The highest BCUT2D eigenvalue weighted by atomic mass is 16.6. The van der Waals surface area contributed by atoms with E-state index in [1.807, 2.05) is 0 Å². The summed E-state index contributed by atoms with van der Waals surface area (Å²) in [6.45, 7) is 1.71. The summed E-state index contributed by atoms with van der Waals surface area (Å²) in [6, 6.07) is 10.9. The first-order valence-electron chi connectivity index (χ1n) is 5.83. The molecule has 0 unspecified atom stereocenters. The summed E-state index contributed by atoms with van der Waals surface area (Å²) >= 11 is 0. The number of nitrogens with zero attached hydrogens (tertiary/aromatic N) is 1. The lowest BCUT2D eigenvalue weighted by atomic mass is 10.1. The predicted molar refractivity (Wildman–Crippen MR) is 74.5 cm³/mol. The largest absolute Gasteiger partial charge is 0.478 e. The lowest BCUT2D eigenvalue weighted by Gasteiger charge is -2.08. The molecule has 2 aromatic carbocycles. The van der Waals surface area contributed by atoms with E-state index in [0.29, 0.717) is 16.9 Å². The molecule has 0 fully saturated rings. The van der Waals surface area contributed by atoms with Crippen molar-refractivity contribution in [1.82, 2.24) is 0 Å². The first-order valence-corrected chi connectivity index (χ1v) is 5.83. The summed E-state index contributed by atoms with van der Waals surface area (Å²) in [6.07, 6.45) is 0. The van der Waals surface area contributed by atoms with Crippen LogP contribution in [0.3, 0.4) is 0 Å². The maximum atomic E-state index is 11.1. The second-order valence-corrected chi connectivity index (χ2v) is 4.27. The van der Waals surface area contributed by atoms with E-state index in [-0.39, 0.29) is 11.3 Å². The van der Waals surface area contributed by atoms with Crippen molar-refractivity contribution in [2.45, 2.75) is 6.92 Å². The molecule has 0 aliphatic heterocycles. The summed E-state index contributed by atoms with van der Waals surface area (Å²) in [5.41, 5.74) is 1.91. The van der Waals surface area contributed by atoms with E-state index in [1.54, 1.807) is 31.2 Å². The Hall–Kier alpha value is -2.89. The fraction of sp³-hybridized carbons (Fsp3) is 0.0714. The topological polar surface area (TPSA) is 92.5 Å². The molecule has 0 atom stereocenters. The average Bonchev–Trinajstić information content (AvgIpc) is 2.41. The molecule has 0 aliphatic carbocycles. The van der Waals surface area contributed by atoms with E-state index < -0.39 is 10.9 Å². The number of rotatable bonds is 4. The summed E-state index contributed by atoms with van der Waals surface area (Å²) in [4.78, 5) is 21.3. The highest BCUT2D eigenvalue weighted by molar-refractivity contribution is 5.90. The van der Waals surface area contributed by atoms with Crippen LogP contribution in [-0.4, -0.2) is 16.0 Å². The van der Waals surface area contributed by atoms with Gasteiger partial charge in [0.05, 0.1) is 10.5 Å². The maximum Gasteiger partial charge on any atom is 0.336 e. The van der Waals surface area contributed by atoms with E-state index in [4.69, 9.17) is 5.11 Å². The van der Waals surface area contributed by atoms with Crippen molar-refractivity contribution in [2.24, 2.45) is 0 Å². The van der Waals surface area contributed by atoms with Gasteiger partial charge in [-0.05, 0) is 30.7 Å². The molecule has 6 nitrogen and oxygen atoms in total. The van der Waals surface area contributed by atoms with E-state index >= 15 is 0 Å². The van der Waals surface area contributed by atoms with Gasteiger partial charge in [0.2, 0.25) is 0 Å². The minimum atomic E-state index is -1.01. The van der Waals surface area contributed by atoms with Crippen molar-refractivity contribution in [2.75, 3.05) is 5.32 Å². The average molecular weight is 272 g/mol. The van der Waals surface area contributed by atoms with Gasteiger partial charge >= 0.3 is 5.97 Å². The lowest BCUT2D eigenvalue weighted by molar-refractivity contribution is -0.384. The van der Waals surface area contributed by atoms with E-state index in [1.165, 1.54) is 18.2 Å². The number of anilines is 2. The van der Waals surface area contributed by atoms with Gasteiger partial charge in [0, 0.05) is 23.5 Å². The molecule has 0 aliphatic rings. The summed E-state index contributed by atoms with van der Waals surface area (Å²) in [5.74, 6) is -1.01. The molecule has 2 rings (SSSR count). The number of aromatic carboxylic acids is 1. The second-order valence-electron chi connectivity index (χ2n) is 4.27. The van der Waals surface area contributed by atoms with Crippen LogP contribution in [0.25, 0.3) is 0 Å². The summed E-state index contributed by atoms with van der Waals surface area (Å²) < 4.78 is 0. The minimum absolute atomic E-state index is 0.0273. The quantitative estimate of drug-likeness (QED) is 0.657. The van der Waals surface area contributed by atoms with Gasteiger partial charge in [-0.25, -0.2) is 4.79 Å². The van der Waals surface area contributed by atoms with Crippen molar-refractivity contribution in [3.05, 3.63) is 63.7 Å². The molecule has 0 amide bonds. The first kappa shape index (κ1) is 13.5. The highest BCUT2D eigenvalue weighted by Crippen LogP contribution is 2.23. The number of carbonyl (C=O) groups is 1. The number of non-ortho nitro benzene ring substituents is 1.